The number of ketones is 2. The maximum absolute atomic E-state index is 13.8. The maximum Gasteiger partial charge on any atom is 0.238 e. The third-order valence-electron chi connectivity index (χ3n) is 7.71. The number of imide groups is 1. The van der Waals surface area contributed by atoms with E-state index in [-0.39, 0.29) is 45.1 Å². The Labute approximate surface area is 230 Å². The third-order valence-corrected chi connectivity index (χ3v) is 8.88. The number of halogens is 3. The van der Waals surface area contributed by atoms with Crippen LogP contribution < -0.4 is 4.90 Å². The number of phenolic OH excluding ortho intramolecular Hbond substituents is 1. The number of rotatable bonds is 2. The molecule has 0 bridgehead atoms. The van der Waals surface area contributed by atoms with Crippen LogP contribution >= 0.6 is 39.1 Å². The molecule has 2 aromatic carbocycles. The number of hydrogen-bond acceptors (Lipinski definition) is 5. The molecule has 1 saturated heterocycles. The molecule has 9 heteroatoms. The van der Waals surface area contributed by atoms with Crippen molar-refractivity contribution in [1.82, 2.24) is 0 Å². The van der Waals surface area contributed by atoms with E-state index in [9.17, 15) is 24.3 Å². The summed E-state index contributed by atoms with van der Waals surface area (Å²) in [6.45, 7) is 0. The van der Waals surface area contributed by atoms with Crippen molar-refractivity contribution in [2.75, 3.05) is 4.90 Å². The molecule has 1 N–H and O–H groups in total. The van der Waals surface area contributed by atoms with Gasteiger partial charge < -0.3 is 5.11 Å². The molecule has 1 fully saturated rings. The highest BCUT2D eigenvalue weighted by Crippen LogP contribution is 2.56. The van der Waals surface area contributed by atoms with E-state index in [1.807, 2.05) is 6.08 Å². The fourth-order valence-electron chi connectivity index (χ4n) is 6.16. The van der Waals surface area contributed by atoms with Crippen molar-refractivity contribution in [1.29, 1.82) is 0 Å². The van der Waals surface area contributed by atoms with Gasteiger partial charge in [-0.05, 0) is 76.7 Å². The molecule has 0 spiro atoms. The summed E-state index contributed by atoms with van der Waals surface area (Å²) in [5.74, 6) is -3.71. The lowest BCUT2D eigenvalue weighted by Gasteiger charge is -2.42. The molecule has 6 rings (SSSR count). The third kappa shape index (κ3) is 3.67. The SMILES string of the molecule is O=C1C=C(Br)C(=O)C2=C1[C@@H](c1ccc(O)cc1Cl)C1=CC[C@@H]3C(=O)N(c4ccc(Cl)cc4)C(=O)[C@@H]3[C@@H]1C2. The molecule has 4 atom stereocenters. The van der Waals surface area contributed by atoms with Gasteiger partial charge in [-0.2, -0.15) is 0 Å². The van der Waals surface area contributed by atoms with E-state index in [1.165, 1.54) is 23.1 Å². The molecule has 2 aromatic rings. The second-order valence-corrected chi connectivity index (χ2v) is 11.3. The van der Waals surface area contributed by atoms with E-state index in [0.29, 0.717) is 33.8 Å². The van der Waals surface area contributed by atoms with Crippen LogP contribution in [-0.2, 0) is 19.2 Å². The number of phenols is 1. The van der Waals surface area contributed by atoms with Gasteiger partial charge in [-0.15, -0.1) is 0 Å². The summed E-state index contributed by atoms with van der Waals surface area (Å²) in [5, 5.41) is 10.7. The van der Waals surface area contributed by atoms with Crippen LogP contribution in [0.25, 0.3) is 0 Å². The van der Waals surface area contributed by atoms with Gasteiger partial charge in [0.1, 0.15) is 5.75 Å². The Morgan fingerprint density at radius 2 is 1.68 bits per heavy atom. The second kappa shape index (κ2) is 8.79. The van der Waals surface area contributed by atoms with Crippen LogP contribution in [0.1, 0.15) is 24.3 Å². The minimum Gasteiger partial charge on any atom is -0.508 e. The molecule has 0 aromatic heterocycles. The number of benzene rings is 2. The number of amides is 2. The zero-order valence-electron chi connectivity index (χ0n) is 19.1. The Hall–Kier alpha value is -3.00. The maximum atomic E-state index is 13.8. The number of carbonyl (C=O) groups is 4. The van der Waals surface area contributed by atoms with Crippen molar-refractivity contribution in [2.45, 2.75) is 18.8 Å². The van der Waals surface area contributed by atoms with E-state index in [0.717, 1.165) is 5.57 Å². The topological polar surface area (TPSA) is 91.8 Å². The number of anilines is 1. The minimum absolute atomic E-state index is 0.0307. The van der Waals surface area contributed by atoms with E-state index in [2.05, 4.69) is 15.9 Å². The van der Waals surface area contributed by atoms with Crippen LogP contribution in [0.2, 0.25) is 10.0 Å². The van der Waals surface area contributed by atoms with E-state index < -0.39 is 23.7 Å². The number of allylic oxidation sites excluding steroid dienone is 6. The molecule has 186 valence electrons. The Morgan fingerprint density at radius 3 is 2.38 bits per heavy atom. The summed E-state index contributed by atoms with van der Waals surface area (Å²) in [5.41, 5.74) is 2.44. The van der Waals surface area contributed by atoms with Crippen molar-refractivity contribution in [3.8, 4) is 5.75 Å². The van der Waals surface area contributed by atoms with Gasteiger partial charge in [0.2, 0.25) is 11.8 Å². The van der Waals surface area contributed by atoms with Crippen LogP contribution in [0, 0.1) is 17.8 Å². The highest BCUT2D eigenvalue weighted by Gasteiger charge is 2.56. The average Bonchev–Trinajstić information content (AvgIpc) is 3.12. The number of fused-ring (bicyclic) bond motifs is 3. The number of aromatic hydroxyl groups is 1. The Bertz CT molecular complexity index is 1520. The summed E-state index contributed by atoms with van der Waals surface area (Å²) >= 11 is 15.8. The molecule has 0 saturated carbocycles. The number of nitrogens with zero attached hydrogens (tertiary/aromatic N) is 1. The van der Waals surface area contributed by atoms with E-state index in [1.54, 1.807) is 30.3 Å². The van der Waals surface area contributed by atoms with Crippen molar-refractivity contribution in [2.24, 2.45) is 17.8 Å². The lowest BCUT2D eigenvalue weighted by Crippen LogP contribution is -2.39. The van der Waals surface area contributed by atoms with Gasteiger partial charge in [0, 0.05) is 33.2 Å². The summed E-state index contributed by atoms with van der Waals surface area (Å²) in [6, 6.07) is 11.0. The molecular formula is C28H18BrCl2NO5. The van der Waals surface area contributed by atoms with Crippen LogP contribution in [0.15, 0.2) is 75.8 Å². The zero-order valence-corrected chi connectivity index (χ0v) is 22.2. The van der Waals surface area contributed by atoms with Crippen molar-refractivity contribution < 1.29 is 24.3 Å². The molecular weight excluding hydrogens is 581 g/mol. The normalized spacial score (nSPS) is 27.1. The van der Waals surface area contributed by atoms with E-state index >= 15 is 0 Å². The largest absolute Gasteiger partial charge is 0.508 e. The Kier molecular flexibility index (Phi) is 5.78. The standard InChI is InChI=1S/C28H18BrCl2NO5/c29-20-11-22(34)25-19(26(20)35)10-18-15(23(25)16-6-5-14(33)9-21(16)31)7-8-17-24(18)28(37)32(27(17)36)13-3-1-12(30)2-4-13/h1-7,9,11,17-18,23-24,33H,8,10H2/t17-,18+,23+,24-/m0/s1. The van der Waals surface area contributed by atoms with Crippen molar-refractivity contribution in [3.05, 3.63) is 91.4 Å². The minimum atomic E-state index is -0.691. The average molecular weight is 599 g/mol. The molecule has 4 aliphatic rings. The predicted octanol–water partition coefficient (Wildman–Crippen LogP) is 5.67. The first-order valence-electron chi connectivity index (χ1n) is 11.7. The van der Waals surface area contributed by atoms with Crippen LogP contribution in [0.4, 0.5) is 5.69 Å². The van der Waals surface area contributed by atoms with Gasteiger partial charge in [0.15, 0.2) is 11.6 Å². The Balaban J connectivity index is 1.50. The van der Waals surface area contributed by atoms with Gasteiger partial charge >= 0.3 is 0 Å². The van der Waals surface area contributed by atoms with Gasteiger partial charge in [-0.25, -0.2) is 0 Å². The number of carbonyl (C=O) groups excluding carboxylic acids is 4. The first kappa shape index (κ1) is 24.3. The molecule has 0 unspecified atom stereocenters. The first-order chi connectivity index (χ1) is 17.7. The number of Topliss-reactive ketones (excluding diaryl/α,β-unsaturated/α-hetero) is 1. The lowest BCUT2D eigenvalue weighted by molar-refractivity contribution is -0.123. The van der Waals surface area contributed by atoms with Gasteiger partial charge in [-0.1, -0.05) is 40.9 Å². The highest BCUT2D eigenvalue weighted by atomic mass is 79.9. The molecule has 1 heterocycles. The van der Waals surface area contributed by atoms with Crippen LogP contribution in [-0.4, -0.2) is 28.5 Å². The fourth-order valence-corrected chi connectivity index (χ4v) is 7.01. The van der Waals surface area contributed by atoms with Gasteiger partial charge in [0.05, 0.1) is 22.0 Å². The van der Waals surface area contributed by atoms with Gasteiger partial charge in [0.25, 0.3) is 0 Å². The lowest BCUT2D eigenvalue weighted by atomic mass is 9.59. The zero-order chi connectivity index (χ0) is 26.2. The molecule has 2 amide bonds. The van der Waals surface area contributed by atoms with E-state index in [4.69, 9.17) is 23.2 Å². The summed E-state index contributed by atoms with van der Waals surface area (Å²) in [6.07, 6.45) is 3.67. The summed E-state index contributed by atoms with van der Waals surface area (Å²) in [4.78, 5) is 55.0. The molecule has 37 heavy (non-hydrogen) atoms. The molecule has 6 nitrogen and oxygen atoms in total. The summed E-state index contributed by atoms with van der Waals surface area (Å²) in [7, 11) is 0. The molecule has 3 aliphatic carbocycles. The van der Waals surface area contributed by atoms with Gasteiger partial charge in [-0.3, -0.25) is 24.1 Å². The smallest absolute Gasteiger partial charge is 0.238 e. The fraction of sp³-hybridized carbons (Fsp3) is 0.214. The van der Waals surface area contributed by atoms with Crippen LogP contribution in [0.3, 0.4) is 0 Å². The number of hydrogen-bond donors (Lipinski definition) is 1. The van der Waals surface area contributed by atoms with Crippen molar-refractivity contribution >= 4 is 68.2 Å². The molecule has 1 aliphatic heterocycles. The Morgan fingerprint density at radius 1 is 0.946 bits per heavy atom. The first-order valence-corrected chi connectivity index (χ1v) is 13.2. The second-order valence-electron chi connectivity index (χ2n) is 9.59. The highest BCUT2D eigenvalue weighted by molar-refractivity contribution is 9.12. The molecule has 0 radical (unpaired) electrons. The summed E-state index contributed by atoms with van der Waals surface area (Å²) < 4.78 is 0.156. The monoisotopic (exact) mass is 597 g/mol. The van der Waals surface area contributed by atoms with Crippen molar-refractivity contribution in [3.63, 3.8) is 0 Å². The quantitative estimate of drug-likeness (QED) is 0.273. The van der Waals surface area contributed by atoms with Crippen LogP contribution in [0.5, 0.6) is 5.75 Å². The predicted molar refractivity (Wildman–Crippen MR) is 142 cm³/mol.